The molecule has 4 rings (SSSR count). The molecule has 0 fully saturated rings. The second-order valence-electron chi connectivity index (χ2n) is 7.02. The number of hydrogen-bond acceptors (Lipinski definition) is 4. The molecule has 0 radical (unpaired) electrons. The molecule has 4 heteroatoms. The molecule has 0 atom stereocenters. The first kappa shape index (κ1) is 19.2. The molecule has 0 aliphatic heterocycles. The topological polar surface area (TPSA) is 34.1 Å². The highest BCUT2D eigenvalue weighted by Crippen LogP contribution is 2.36. The Kier molecular flexibility index (Phi) is 5.63. The van der Waals surface area contributed by atoms with Crippen molar-refractivity contribution in [1.29, 1.82) is 0 Å². The Morgan fingerprint density at radius 3 is 2.52 bits per heavy atom. The van der Waals surface area contributed by atoms with Gasteiger partial charge in [0, 0.05) is 23.3 Å². The van der Waals surface area contributed by atoms with E-state index in [1.54, 1.807) is 18.4 Å². The number of aromatic nitrogens is 1. The molecule has 29 heavy (non-hydrogen) atoms. The van der Waals surface area contributed by atoms with Crippen molar-refractivity contribution in [1.82, 2.24) is 4.98 Å². The number of benzene rings is 2. The molecule has 2 aromatic heterocycles. The standard InChI is InChI=1S/C25H24N2OS/c1-17-7-12-22(28-3)14-20(17)16-27-21-10-8-19(9-11-21)23-15-25(29-18(23)2)24-6-4-5-13-26-24/h4-15,27H,16H2,1-3H3. The minimum absolute atomic E-state index is 0.768. The summed E-state index contributed by atoms with van der Waals surface area (Å²) in [5, 5.41) is 3.51. The van der Waals surface area contributed by atoms with Crippen LogP contribution in [0.25, 0.3) is 21.7 Å². The van der Waals surface area contributed by atoms with Crippen LogP contribution in [0.2, 0.25) is 0 Å². The van der Waals surface area contributed by atoms with Crippen LogP contribution in [0.1, 0.15) is 16.0 Å². The van der Waals surface area contributed by atoms with Gasteiger partial charge in [0.15, 0.2) is 0 Å². The lowest BCUT2D eigenvalue weighted by Crippen LogP contribution is -2.01. The van der Waals surface area contributed by atoms with Gasteiger partial charge in [0.05, 0.1) is 17.7 Å². The zero-order chi connectivity index (χ0) is 20.2. The Bertz CT molecular complexity index is 1100. The van der Waals surface area contributed by atoms with Crippen LogP contribution in [-0.4, -0.2) is 12.1 Å². The third kappa shape index (κ3) is 4.33. The molecule has 4 aromatic rings. The van der Waals surface area contributed by atoms with E-state index in [1.165, 1.54) is 32.0 Å². The van der Waals surface area contributed by atoms with Crippen LogP contribution in [0, 0.1) is 13.8 Å². The molecular formula is C25H24N2OS. The monoisotopic (exact) mass is 400 g/mol. The molecule has 0 aliphatic rings. The average Bonchev–Trinajstić information content (AvgIpc) is 3.16. The number of thiophene rings is 1. The highest BCUT2D eigenvalue weighted by atomic mass is 32.1. The molecule has 0 spiro atoms. The van der Waals surface area contributed by atoms with Gasteiger partial charge < -0.3 is 10.1 Å². The van der Waals surface area contributed by atoms with Gasteiger partial charge in [-0.05, 0) is 78.6 Å². The first-order valence-corrected chi connectivity index (χ1v) is 10.5. The second-order valence-corrected chi connectivity index (χ2v) is 8.28. The van der Waals surface area contributed by atoms with E-state index in [-0.39, 0.29) is 0 Å². The predicted octanol–water partition coefficient (Wildman–Crippen LogP) is 6.71. The number of pyridine rings is 1. The van der Waals surface area contributed by atoms with Crippen molar-refractivity contribution in [3.8, 4) is 27.4 Å². The smallest absolute Gasteiger partial charge is 0.119 e. The zero-order valence-corrected chi connectivity index (χ0v) is 17.7. The van der Waals surface area contributed by atoms with Gasteiger partial charge in [-0.1, -0.05) is 24.3 Å². The van der Waals surface area contributed by atoms with E-state index >= 15 is 0 Å². The van der Waals surface area contributed by atoms with E-state index < -0.39 is 0 Å². The van der Waals surface area contributed by atoms with Crippen molar-refractivity contribution >= 4 is 17.0 Å². The molecule has 0 saturated heterocycles. The number of rotatable bonds is 6. The molecule has 0 amide bonds. The number of nitrogens with zero attached hydrogens (tertiary/aromatic N) is 1. The van der Waals surface area contributed by atoms with E-state index in [2.05, 4.69) is 72.7 Å². The number of hydrogen-bond donors (Lipinski definition) is 1. The van der Waals surface area contributed by atoms with Crippen molar-refractivity contribution in [2.45, 2.75) is 20.4 Å². The van der Waals surface area contributed by atoms with Gasteiger partial charge in [-0.3, -0.25) is 4.98 Å². The lowest BCUT2D eigenvalue weighted by Gasteiger charge is -2.11. The Balaban J connectivity index is 1.49. The van der Waals surface area contributed by atoms with Gasteiger partial charge in [-0.15, -0.1) is 11.3 Å². The van der Waals surface area contributed by atoms with Crippen LogP contribution in [0.15, 0.2) is 72.9 Å². The van der Waals surface area contributed by atoms with E-state index in [0.29, 0.717) is 0 Å². The SMILES string of the molecule is COc1ccc(C)c(CNc2ccc(-c3cc(-c4ccccn4)sc3C)cc2)c1. The third-order valence-corrected chi connectivity index (χ3v) is 6.14. The molecule has 0 bridgehead atoms. The van der Waals surface area contributed by atoms with Gasteiger partial charge in [-0.25, -0.2) is 0 Å². The van der Waals surface area contributed by atoms with Crippen LogP contribution < -0.4 is 10.1 Å². The second kappa shape index (κ2) is 8.50. The number of methoxy groups -OCH3 is 1. The van der Waals surface area contributed by atoms with Crippen molar-refractivity contribution in [2.75, 3.05) is 12.4 Å². The lowest BCUT2D eigenvalue weighted by molar-refractivity contribution is 0.414. The van der Waals surface area contributed by atoms with Crippen LogP contribution in [0.4, 0.5) is 5.69 Å². The first-order chi connectivity index (χ1) is 14.1. The van der Waals surface area contributed by atoms with Crippen molar-refractivity contribution in [2.24, 2.45) is 0 Å². The van der Waals surface area contributed by atoms with Crippen molar-refractivity contribution in [3.05, 3.63) is 88.9 Å². The number of nitrogens with one attached hydrogen (secondary N) is 1. The molecule has 2 aromatic carbocycles. The maximum atomic E-state index is 5.34. The zero-order valence-electron chi connectivity index (χ0n) is 16.9. The summed E-state index contributed by atoms with van der Waals surface area (Å²) in [5.74, 6) is 0.888. The molecule has 1 N–H and O–H groups in total. The summed E-state index contributed by atoms with van der Waals surface area (Å²) in [7, 11) is 1.70. The van der Waals surface area contributed by atoms with Gasteiger partial charge in [0.1, 0.15) is 5.75 Å². The van der Waals surface area contributed by atoms with Crippen molar-refractivity contribution < 1.29 is 4.74 Å². The maximum Gasteiger partial charge on any atom is 0.119 e. The summed E-state index contributed by atoms with van der Waals surface area (Å²) in [4.78, 5) is 6.98. The fraction of sp³-hybridized carbons (Fsp3) is 0.160. The Morgan fingerprint density at radius 1 is 0.966 bits per heavy atom. The van der Waals surface area contributed by atoms with Crippen LogP contribution >= 0.6 is 11.3 Å². The van der Waals surface area contributed by atoms with E-state index in [0.717, 1.165) is 23.7 Å². The maximum absolute atomic E-state index is 5.34. The van der Waals surface area contributed by atoms with Gasteiger partial charge in [0.2, 0.25) is 0 Å². The fourth-order valence-electron chi connectivity index (χ4n) is 3.33. The van der Waals surface area contributed by atoms with Gasteiger partial charge in [0.25, 0.3) is 0 Å². The average molecular weight is 401 g/mol. The summed E-state index contributed by atoms with van der Waals surface area (Å²) in [5.41, 5.74) is 7.12. The summed E-state index contributed by atoms with van der Waals surface area (Å²) in [6.45, 7) is 5.06. The minimum atomic E-state index is 0.768. The largest absolute Gasteiger partial charge is 0.497 e. The lowest BCUT2D eigenvalue weighted by atomic mass is 10.1. The van der Waals surface area contributed by atoms with E-state index in [9.17, 15) is 0 Å². The predicted molar refractivity (Wildman–Crippen MR) is 123 cm³/mol. The van der Waals surface area contributed by atoms with Crippen LogP contribution in [0.3, 0.4) is 0 Å². The Morgan fingerprint density at radius 2 is 1.79 bits per heavy atom. The van der Waals surface area contributed by atoms with Crippen molar-refractivity contribution in [3.63, 3.8) is 0 Å². The van der Waals surface area contributed by atoms with Gasteiger partial charge >= 0.3 is 0 Å². The summed E-state index contributed by atoms with van der Waals surface area (Å²) >= 11 is 1.79. The molecule has 146 valence electrons. The quantitative estimate of drug-likeness (QED) is 0.390. The molecule has 0 unspecified atom stereocenters. The molecule has 0 aliphatic carbocycles. The molecular weight excluding hydrogens is 376 g/mol. The molecule has 0 saturated carbocycles. The van der Waals surface area contributed by atoms with Crippen LogP contribution in [-0.2, 0) is 6.54 Å². The fourth-order valence-corrected chi connectivity index (χ4v) is 4.35. The van der Waals surface area contributed by atoms with E-state index in [1.807, 2.05) is 24.4 Å². The Labute approximate surface area is 176 Å². The van der Waals surface area contributed by atoms with Gasteiger partial charge in [-0.2, -0.15) is 0 Å². The minimum Gasteiger partial charge on any atom is -0.497 e. The Hall–Kier alpha value is -3.11. The first-order valence-electron chi connectivity index (χ1n) is 9.63. The summed E-state index contributed by atoms with van der Waals surface area (Å²) < 4.78 is 5.34. The van der Waals surface area contributed by atoms with E-state index in [4.69, 9.17) is 4.74 Å². The number of ether oxygens (including phenoxy) is 1. The number of aryl methyl sites for hydroxylation is 2. The normalized spacial score (nSPS) is 10.7. The third-order valence-electron chi connectivity index (χ3n) is 5.07. The highest BCUT2D eigenvalue weighted by Gasteiger charge is 2.10. The highest BCUT2D eigenvalue weighted by molar-refractivity contribution is 7.15. The summed E-state index contributed by atoms with van der Waals surface area (Å²) in [6.07, 6.45) is 1.84. The number of anilines is 1. The molecule has 2 heterocycles. The van der Waals surface area contributed by atoms with Crippen LogP contribution in [0.5, 0.6) is 5.75 Å². The summed E-state index contributed by atoms with van der Waals surface area (Å²) in [6, 6.07) is 23.1. The molecule has 3 nitrogen and oxygen atoms in total.